The van der Waals surface area contributed by atoms with Gasteiger partial charge in [0.15, 0.2) is 5.11 Å². The summed E-state index contributed by atoms with van der Waals surface area (Å²) >= 11 is 11.5. The predicted molar refractivity (Wildman–Crippen MR) is 125 cm³/mol. The lowest BCUT2D eigenvalue weighted by atomic mass is 10.1. The van der Waals surface area contributed by atoms with Crippen LogP contribution in [0, 0.1) is 0 Å². The number of carbonyl (C=O) groups is 2. The predicted octanol–water partition coefficient (Wildman–Crippen LogP) is 3.45. The number of halogens is 1. The second kappa shape index (κ2) is 10.4. The van der Waals surface area contributed by atoms with Crippen LogP contribution in [0.4, 0.5) is 11.4 Å². The number of thiocarbonyl (C=S) groups is 1. The van der Waals surface area contributed by atoms with Crippen LogP contribution in [0.5, 0.6) is 0 Å². The van der Waals surface area contributed by atoms with E-state index in [1.807, 2.05) is 54.3 Å². The summed E-state index contributed by atoms with van der Waals surface area (Å²) in [5, 5.41) is 6.62. The second-order valence-electron chi connectivity index (χ2n) is 7.05. The van der Waals surface area contributed by atoms with Crippen LogP contribution in [0.25, 0.3) is 0 Å². The van der Waals surface area contributed by atoms with Crippen LogP contribution >= 0.6 is 23.8 Å². The maximum Gasteiger partial charge on any atom is 0.230 e. The molecule has 0 aromatic heterocycles. The van der Waals surface area contributed by atoms with Crippen molar-refractivity contribution in [3.63, 3.8) is 0 Å². The molecule has 0 spiro atoms. The Hall–Kier alpha value is -2.64. The van der Waals surface area contributed by atoms with Crippen molar-refractivity contribution in [2.45, 2.75) is 19.8 Å². The first kappa shape index (κ1) is 22.1. The molecule has 158 valence electrons. The van der Waals surface area contributed by atoms with Crippen LogP contribution in [-0.2, 0) is 16.0 Å². The first-order valence-electron chi connectivity index (χ1n) is 9.93. The Morgan fingerprint density at radius 2 is 1.77 bits per heavy atom. The second-order valence-corrected chi connectivity index (χ2v) is 7.89. The van der Waals surface area contributed by atoms with Crippen molar-refractivity contribution in [2.24, 2.45) is 0 Å². The van der Waals surface area contributed by atoms with E-state index in [0.29, 0.717) is 24.5 Å². The molecule has 2 aromatic carbocycles. The van der Waals surface area contributed by atoms with Crippen LogP contribution in [-0.4, -0.2) is 48.0 Å². The van der Waals surface area contributed by atoms with Crippen molar-refractivity contribution in [3.8, 4) is 0 Å². The van der Waals surface area contributed by atoms with E-state index in [4.69, 9.17) is 23.8 Å². The summed E-state index contributed by atoms with van der Waals surface area (Å²) in [5.41, 5.74) is 2.58. The maximum absolute atomic E-state index is 12.3. The molecule has 1 aliphatic heterocycles. The lowest BCUT2D eigenvalue weighted by molar-refractivity contribution is -0.131. The summed E-state index contributed by atoms with van der Waals surface area (Å²) in [4.78, 5) is 28.3. The van der Waals surface area contributed by atoms with Crippen LogP contribution in [0.1, 0.15) is 18.9 Å². The summed E-state index contributed by atoms with van der Waals surface area (Å²) in [6, 6.07) is 15.0. The Morgan fingerprint density at radius 3 is 2.43 bits per heavy atom. The highest BCUT2D eigenvalue weighted by Gasteiger charge is 2.22. The molecule has 2 N–H and O–H groups in total. The van der Waals surface area contributed by atoms with Gasteiger partial charge in [-0.15, -0.1) is 0 Å². The molecule has 3 rings (SSSR count). The number of piperazine rings is 1. The van der Waals surface area contributed by atoms with E-state index in [0.717, 1.165) is 30.0 Å². The number of nitrogens with one attached hydrogen (secondary N) is 2. The molecule has 1 aliphatic rings. The quantitative estimate of drug-likeness (QED) is 0.691. The largest absolute Gasteiger partial charge is 0.366 e. The van der Waals surface area contributed by atoms with Gasteiger partial charge in [-0.1, -0.05) is 48.9 Å². The number of hydrogen-bond acceptors (Lipinski definition) is 4. The monoisotopic (exact) mass is 444 g/mol. The van der Waals surface area contributed by atoms with Gasteiger partial charge in [-0.2, -0.15) is 0 Å². The lowest BCUT2D eigenvalue weighted by Crippen LogP contribution is -2.48. The van der Waals surface area contributed by atoms with Crippen LogP contribution < -0.4 is 15.5 Å². The fourth-order valence-electron chi connectivity index (χ4n) is 3.41. The zero-order valence-corrected chi connectivity index (χ0v) is 18.4. The number of hydrogen-bond donors (Lipinski definition) is 2. The van der Waals surface area contributed by atoms with E-state index < -0.39 is 0 Å². The number of carbonyl (C=O) groups excluding carboxylic acids is 2. The third-order valence-electron chi connectivity index (χ3n) is 4.94. The molecule has 1 heterocycles. The standard InChI is InChI=1S/C22H25ClN4O2S/c1-2-21(29)27-12-10-26(11-13-27)19-9-8-17(23)15-18(19)24-22(30)25-20(28)14-16-6-4-3-5-7-16/h3-9,15H,2,10-14H2,1H3,(H2,24,25,28,30). The van der Waals surface area contributed by atoms with Crippen molar-refractivity contribution in [2.75, 3.05) is 36.4 Å². The molecule has 0 atom stereocenters. The third-order valence-corrected chi connectivity index (χ3v) is 5.38. The van der Waals surface area contributed by atoms with Gasteiger partial charge in [0.05, 0.1) is 17.8 Å². The molecule has 0 bridgehead atoms. The molecule has 1 saturated heterocycles. The fraction of sp³-hybridized carbons (Fsp3) is 0.318. The van der Waals surface area contributed by atoms with Crippen LogP contribution in [0.2, 0.25) is 5.02 Å². The summed E-state index contributed by atoms with van der Waals surface area (Å²) in [6.45, 7) is 4.66. The topological polar surface area (TPSA) is 64.7 Å². The number of nitrogens with zero attached hydrogens (tertiary/aromatic N) is 2. The van der Waals surface area contributed by atoms with Crippen LogP contribution in [0.3, 0.4) is 0 Å². The molecule has 0 radical (unpaired) electrons. The average molecular weight is 445 g/mol. The molecular formula is C22H25ClN4O2S. The van der Waals surface area contributed by atoms with E-state index in [1.165, 1.54) is 0 Å². The first-order valence-corrected chi connectivity index (χ1v) is 10.7. The van der Waals surface area contributed by atoms with E-state index in [-0.39, 0.29) is 23.3 Å². The van der Waals surface area contributed by atoms with Crippen molar-refractivity contribution in [1.82, 2.24) is 10.2 Å². The van der Waals surface area contributed by atoms with Gasteiger partial charge in [0.1, 0.15) is 0 Å². The van der Waals surface area contributed by atoms with Gasteiger partial charge < -0.3 is 20.4 Å². The van der Waals surface area contributed by atoms with Crippen LogP contribution in [0.15, 0.2) is 48.5 Å². The van der Waals surface area contributed by atoms with E-state index >= 15 is 0 Å². The van der Waals surface area contributed by atoms with Crippen molar-refractivity contribution in [1.29, 1.82) is 0 Å². The fourth-order valence-corrected chi connectivity index (χ4v) is 3.81. The maximum atomic E-state index is 12.3. The highest BCUT2D eigenvalue weighted by molar-refractivity contribution is 7.80. The Balaban J connectivity index is 1.63. The minimum absolute atomic E-state index is 0.173. The zero-order chi connectivity index (χ0) is 21.5. The average Bonchev–Trinajstić information content (AvgIpc) is 2.74. The molecule has 8 heteroatoms. The molecule has 0 unspecified atom stereocenters. The van der Waals surface area contributed by atoms with E-state index in [2.05, 4.69) is 15.5 Å². The van der Waals surface area contributed by atoms with Gasteiger partial charge in [-0.25, -0.2) is 0 Å². The molecule has 0 saturated carbocycles. The first-order chi connectivity index (χ1) is 14.5. The van der Waals surface area contributed by atoms with Gasteiger partial charge in [-0.05, 0) is 36.0 Å². The van der Waals surface area contributed by atoms with E-state index in [9.17, 15) is 9.59 Å². The van der Waals surface area contributed by atoms with Gasteiger partial charge in [0, 0.05) is 37.6 Å². The number of rotatable bonds is 5. The summed E-state index contributed by atoms with van der Waals surface area (Å²) in [7, 11) is 0. The minimum atomic E-state index is -0.186. The minimum Gasteiger partial charge on any atom is -0.366 e. The molecule has 2 aromatic rings. The summed E-state index contributed by atoms with van der Waals surface area (Å²) < 4.78 is 0. The van der Waals surface area contributed by atoms with Crippen molar-refractivity contribution < 1.29 is 9.59 Å². The Morgan fingerprint density at radius 1 is 1.07 bits per heavy atom. The summed E-state index contributed by atoms with van der Waals surface area (Å²) in [5.74, 6) is -0.0135. The van der Waals surface area contributed by atoms with Gasteiger partial charge in [0.2, 0.25) is 11.8 Å². The van der Waals surface area contributed by atoms with Gasteiger partial charge in [0.25, 0.3) is 0 Å². The Kier molecular flexibility index (Phi) is 7.65. The summed E-state index contributed by atoms with van der Waals surface area (Å²) in [6.07, 6.45) is 0.767. The van der Waals surface area contributed by atoms with Crippen molar-refractivity contribution in [3.05, 3.63) is 59.1 Å². The highest BCUT2D eigenvalue weighted by Crippen LogP contribution is 2.30. The number of benzene rings is 2. The highest BCUT2D eigenvalue weighted by atomic mass is 35.5. The molecule has 6 nitrogen and oxygen atoms in total. The third kappa shape index (κ3) is 5.93. The van der Waals surface area contributed by atoms with E-state index in [1.54, 1.807) is 6.07 Å². The normalized spacial score (nSPS) is 13.7. The lowest BCUT2D eigenvalue weighted by Gasteiger charge is -2.37. The SMILES string of the molecule is CCC(=O)N1CCN(c2ccc(Cl)cc2NC(=S)NC(=O)Cc2ccccc2)CC1. The number of anilines is 2. The molecular weight excluding hydrogens is 420 g/mol. The zero-order valence-electron chi connectivity index (χ0n) is 16.9. The Labute approximate surface area is 187 Å². The molecule has 30 heavy (non-hydrogen) atoms. The smallest absolute Gasteiger partial charge is 0.230 e. The molecule has 2 amide bonds. The van der Waals surface area contributed by atoms with Gasteiger partial charge >= 0.3 is 0 Å². The number of amides is 2. The van der Waals surface area contributed by atoms with Gasteiger partial charge in [-0.3, -0.25) is 9.59 Å². The molecule has 1 fully saturated rings. The molecule has 0 aliphatic carbocycles. The Bertz CT molecular complexity index is 915. The van der Waals surface area contributed by atoms with Crippen molar-refractivity contribution >= 4 is 52.1 Å².